The number of carbonyl (C=O) groups is 1. The van der Waals surface area contributed by atoms with Crippen LogP contribution in [0.1, 0.15) is 66.6 Å². The van der Waals surface area contributed by atoms with E-state index in [9.17, 15) is 4.79 Å². The molecule has 1 aliphatic heterocycles. The standard InChI is InChI=1S/C28H41N3O3S/c1-3-33-16-17-34-28-9-8-24-11-14-31(15-12-27(24)30-28)13-10-22-4-6-23(7-5-22)18-25(32)19-26-20-29-21(2)35-26/h8-9,20,22-23H,3-7,10-19H2,1-2H3. The Labute approximate surface area is 214 Å². The number of nitrogens with zero attached hydrogens (tertiary/aromatic N) is 3. The Morgan fingerprint density at radius 1 is 1.11 bits per heavy atom. The smallest absolute Gasteiger partial charge is 0.213 e. The van der Waals surface area contributed by atoms with Gasteiger partial charge in [0.25, 0.3) is 0 Å². The normalized spacial score (nSPS) is 20.9. The van der Waals surface area contributed by atoms with Gasteiger partial charge in [0.15, 0.2) is 0 Å². The van der Waals surface area contributed by atoms with Crippen molar-refractivity contribution in [2.75, 3.05) is 39.5 Å². The minimum absolute atomic E-state index is 0.387. The summed E-state index contributed by atoms with van der Waals surface area (Å²) in [5, 5.41) is 1.05. The third-order valence-electron chi connectivity index (χ3n) is 7.46. The van der Waals surface area contributed by atoms with Crippen LogP contribution < -0.4 is 4.74 Å². The molecule has 0 atom stereocenters. The summed E-state index contributed by atoms with van der Waals surface area (Å²) in [4.78, 5) is 25.3. The van der Waals surface area contributed by atoms with E-state index < -0.39 is 0 Å². The second-order valence-electron chi connectivity index (χ2n) is 10.1. The minimum atomic E-state index is 0.387. The number of pyridine rings is 1. The SMILES string of the molecule is CCOCCOc1ccc2c(n1)CCN(CCC1CCC(CC(=O)Cc3cnc(C)s3)CC1)CC2. The molecule has 4 rings (SSSR count). The molecular formula is C28H41N3O3S. The predicted molar refractivity (Wildman–Crippen MR) is 140 cm³/mol. The van der Waals surface area contributed by atoms with Crippen LogP contribution in [-0.2, 0) is 28.8 Å². The van der Waals surface area contributed by atoms with Gasteiger partial charge in [-0.05, 0) is 63.5 Å². The lowest BCUT2D eigenvalue weighted by atomic mass is 9.78. The van der Waals surface area contributed by atoms with Crippen LogP contribution in [0.4, 0.5) is 0 Å². The Balaban J connectivity index is 1.14. The van der Waals surface area contributed by atoms with Gasteiger partial charge in [-0.1, -0.05) is 18.9 Å². The van der Waals surface area contributed by atoms with E-state index >= 15 is 0 Å². The molecule has 0 spiro atoms. The van der Waals surface area contributed by atoms with E-state index in [1.807, 2.05) is 26.1 Å². The first kappa shape index (κ1) is 26.2. The number of aromatic nitrogens is 2. The van der Waals surface area contributed by atoms with Gasteiger partial charge in [-0.3, -0.25) is 4.79 Å². The summed E-state index contributed by atoms with van der Waals surface area (Å²) in [6, 6.07) is 4.20. The lowest BCUT2D eigenvalue weighted by Gasteiger charge is -2.30. The first-order chi connectivity index (χ1) is 17.1. The van der Waals surface area contributed by atoms with E-state index in [2.05, 4.69) is 16.0 Å². The number of ether oxygens (including phenoxy) is 2. The van der Waals surface area contributed by atoms with Gasteiger partial charge in [0.05, 0.1) is 11.6 Å². The van der Waals surface area contributed by atoms with Gasteiger partial charge in [-0.2, -0.15) is 0 Å². The van der Waals surface area contributed by atoms with Crippen molar-refractivity contribution in [3.8, 4) is 5.88 Å². The highest BCUT2D eigenvalue weighted by molar-refractivity contribution is 7.11. The van der Waals surface area contributed by atoms with Crippen molar-refractivity contribution in [1.29, 1.82) is 0 Å². The van der Waals surface area contributed by atoms with Crippen molar-refractivity contribution in [3.05, 3.63) is 39.5 Å². The number of hydrogen-bond donors (Lipinski definition) is 0. The van der Waals surface area contributed by atoms with Crippen molar-refractivity contribution in [1.82, 2.24) is 14.9 Å². The molecule has 1 aliphatic carbocycles. The number of carbonyl (C=O) groups excluding carboxylic acids is 1. The lowest BCUT2D eigenvalue weighted by Crippen LogP contribution is -2.29. The first-order valence-corrected chi connectivity index (χ1v) is 14.3. The number of aryl methyl sites for hydroxylation is 1. The summed E-state index contributed by atoms with van der Waals surface area (Å²) in [6.07, 6.45) is 11.5. The summed E-state index contributed by atoms with van der Waals surface area (Å²) >= 11 is 1.65. The number of rotatable bonds is 12. The average molecular weight is 500 g/mol. The Kier molecular flexibility index (Phi) is 10.1. The van der Waals surface area contributed by atoms with E-state index in [-0.39, 0.29) is 0 Å². The molecule has 0 N–H and O–H groups in total. The zero-order valence-corrected chi connectivity index (χ0v) is 22.3. The van der Waals surface area contributed by atoms with Crippen molar-refractivity contribution >= 4 is 17.1 Å². The molecular weight excluding hydrogens is 458 g/mol. The largest absolute Gasteiger partial charge is 0.475 e. The van der Waals surface area contributed by atoms with Crippen LogP contribution >= 0.6 is 11.3 Å². The fraction of sp³-hybridized carbons (Fsp3) is 0.679. The Hall–Kier alpha value is -1.83. The van der Waals surface area contributed by atoms with Crippen LogP contribution in [0.2, 0.25) is 0 Å². The van der Waals surface area contributed by atoms with E-state index in [1.165, 1.54) is 49.9 Å². The van der Waals surface area contributed by atoms with E-state index in [1.54, 1.807) is 11.3 Å². The van der Waals surface area contributed by atoms with Gasteiger partial charge in [-0.25, -0.2) is 9.97 Å². The van der Waals surface area contributed by atoms with Gasteiger partial charge in [0, 0.05) is 61.8 Å². The highest BCUT2D eigenvalue weighted by Gasteiger charge is 2.24. The molecule has 6 nitrogen and oxygen atoms in total. The van der Waals surface area contributed by atoms with Crippen molar-refractivity contribution in [2.45, 2.75) is 71.6 Å². The van der Waals surface area contributed by atoms with Gasteiger partial charge < -0.3 is 14.4 Å². The summed E-state index contributed by atoms with van der Waals surface area (Å²) in [5.41, 5.74) is 2.56. The summed E-state index contributed by atoms with van der Waals surface area (Å²) < 4.78 is 11.1. The van der Waals surface area contributed by atoms with Gasteiger partial charge >= 0.3 is 0 Å². The van der Waals surface area contributed by atoms with Gasteiger partial charge in [0.2, 0.25) is 5.88 Å². The van der Waals surface area contributed by atoms with E-state index in [0.717, 1.165) is 48.2 Å². The summed E-state index contributed by atoms with van der Waals surface area (Å²) in [5.74, 6) is 2.49. The van der Waals surface area contributed by atoms with Crippen molar-refractivity contribution in [2.24, 2.45) is 11.8 Å². The summed E-state index contributed by atoms with van der Waals surface area (Å²) in [7, 11) is 0. The molecule has 7 heteroatoms. The number of fused-ring (bicyclic) bond motifs is 1. The maximum Gasteiger partial charge on any atom is 0.213 e. The fourth-order valence-corrected chi connectivity index (χ4v) is 6.25. The third kappa shape index (κ3) is 8.36. The Morgan fingerprint density at radius 2 is 1.91 bits per heavy atom. The maximum atomic E-state index is 12.5. The molecule has 0 amide bonds. The topological polar surface area (TPSA) is 64.6 Å². The van der Waals surface area contributed by atoms with Crippen molar-refractivity contribution in [3.63, 3.8) is 0 Å². The first-order valence-electron chi connectivity index (χ1n) is 13.4. The number of Topliss-reactive ketones (excluding diaryl/α,β-unsaturated/α-hetero) is 1. The summed E-state index contributed by atoms with van der Waals surface area (Å²) in [6.45, 7) is 9.22. The van der Waals surface area contributed by atoms with Gasteiger partial charge in [0.1, 0.15) is 12.4 Å². The molecule has 2 aromatic heterocycles. The zero-order valence-electron chi connectivity index (χ0n) is 21.5. The molecule has 1 saturated carbocycles. The van der Waals surface area contributed by atoms with Crippen molar-refractivity contribution < 1.29 is 14.3 Å². The minimum Gasteiger partial charge on any atom is -0.475 e. The molecule has 1 fully saturated rings. The zero-order chi connectivity index (χ0) is 24.5. The highest BCUT2D eigenvalue weighted by atomic mass is 32.1. The third-order valence-corrected chi connectivity index (χ3v) is 8.38. The molecule has 35 heavy (non-hydrogen) atoms. The van der Waals surface area contributed by atoms with Crippen LogP contribution in [0.15, 0.2) is 18.3 Å². The fourth-order valence-electron chi connectivity index (χ4n) is 5.43. The second-order valence-corrected chi connectivity index (χ2v) is 11.4. The Morgan fingerprint density at radius 3 is 2.69 bits per heavy atom. The van der Waals surface area contributed by atoms with Crippen LogP contribution in [-0.4, -0.2) is 60.1 Å². The number of ketones is 1. The maximum absolute atomic E-state index is 12.5. The van der Waals surface area contributed by atoms with Crippen LogP contribution in [0.5, 0.6) is 5.88 Å². The van der Waals surface area contributed by atoms with Crippen LogP contribution in [0.3, 0.4) is 0 Å². The number of hydrogen-bond acceptors (Lipinski definition) is 7. The molecule has 0 radical (unpaired) electrons. The molecule has 2 aliphatic rings. The second kappa shape index (κ2) is 13.5. The van der Waals surface area contributed by atoms with E-state index in [0.29, 0.717) is 43.8 Å². The molecule has 0 aromatic carbocycles. The lowest BCUT2D eigenvalue weighted by molar-refractivity contribution is -0.119. The van der Waals surface area contributed by atoms with Crippen LogP contribution in [0.25, 0.3) is 0 Å². The predicted octanol–water partition coefficient (Wildman–Crippen LogP) is 5.06. The molecule has 2 aromatic rings. The number of thiazole rings is 1. The quantitative estimate of drug-likeness (QED) is 0.380. The molecule has 0 bridgehead atoms. The highest BCUT2D eigenvalue weighted by Crippen LogP contribution is 2.33. The van der Waals surface area contributed by atoms with E-state index in [4.69, 9.17) is 14.5 Å². The van der Waals surface area contributed by atoms with Gasteiger partial charge in [-0.15, -0.1) is 11.3 Å². The average Bonchev–Trinajstić information content (AvgIpc) is 3.15. The molecule has 192 valence electrons. The molecule has 0 unspecified atom stereocenters. The monoisotopic (exact) mass is 499 g/mol. The van der Waals surface area contributed by atoms with Crippen LogP contribution in [0, 0.1) is 18.8 Å². The Bertz CT molecular complexity index is 939. The molecule has 0 saturated heterocycles. The molecule has 3 heterocycles.